The van der Waals surface area contributed by atoms with Crippen molar-refractivity contribution in [1.82, 2.24) is 0 Å². The zero-order valence-electron chi connectivity index (χ0n) is 32.9. The summed E-state index contributed by atoms with van der Waals surface area (Å²) in [6, 6.07) is 80.7. The molecule has 0 saturated heterocycles. The molecule has 12 rings (SSSR count). The third-order valence-electron chi connectivity index (χ3n) is 12.7. The lowest BCUT2D eigenvalue weighted by atomic mass is 9.69. The largest absolute Gasteiger partial charge is 0.310 e. The first kappa shape index (κ1) is 34.8. The Hall–Kier alpha value is -7.26. The SMILES string of the molecule is C(=C(\Cc1ccc2c(c1)C1(c3ccccc3-2)c2cc(N(c3ccccc3)c3ccccc3)ccc2-c2sc3ccccc3c21)c1cccc2ccccc12)/c1ccccc1. The summed E-state index contributed by atoms with van der Waals surface area (Å²) < 4.78 is 1.33. The quantitative estimate of drug-likeness (QED) is 0.146. The molecule has 1 unspecified atom stereocenters. The monoisotopic (exact) mass is 781 g/mol. The van der Waals surface area contributed by atoms with Crippen molar-refractivity contribution in [2.24, 2.45) is 0 Å². The lowest BCUT2D eigenvalue weighted by molar-refractivity contribution is 0.801. The number of allylic oxidation sites excluding steroid dienone is 1. The van der Waals surface area contributed by atoms with E-state index in [4.69, 9.17) is 0 Å². The summed E-state index contributed by atoms with van der Waals surface area (Å²) in [5, 5.41) is 3.87. The van der Waals surface area contributed by atoms with Crippen molar-refractivity contribution in [2.45, 2.75) is 11.8 Å². The highest BCUT2D eigenvalue weighted by Gasteiger charge is 2.53. The van der Waals surface area contributed by atoms with Gasteiger partial charge < -0.3 is 4.90 Å². The number of hydrogen-bond acceptors (Lipinski definition) is 2. The van der Waals surface area contributed by atoms with Gasteiger partial charge in [0.1, 0.15) is 0 Å². The van der Waals surface area contributed by atoms with Crippen LogP contribution in [0.25, 0.3) is 54.1 Å². The molecule has 2 aliphatic carbocycles. The number of rotatable bonds is 7. The zero-order valence-corrected chi connectivity index (χ0v) is 33.7. The second-order valence-corrected chi connectivity index (χ2v) is 17.1. The van der Waals surface area contributed by atoms with E-state index in [2.05, 4.69) is 229 Å². The van der Waals surface area contributed by atoms with E-state index in [9.17, 15) is 0 Å². The molecule has 2 heteroatoms. The van der Waals surface area contributed by atoms with E-state index in [1.165, 1.54) is 86.9 Å². The van der Waals surface area contributed by atoms with E-state index >= 15 is 0 Å². The minimum atomic E-state index is -0.510. The normalized spacial score (nSPS) is 14.9. The molecule has 60 heavy (non-hydrogen) atoms. The summed E-state index contributed by atoms with van der Waals surface area (Å²) in [6.45, 7) is 0. The molecule has 1 heterocycles. The average molecular weight is 782 g/mol. The molecule has 1 atom stereocenters. The minimum absolute atomic E-state index is 0.510. The molecule has 0 radical (unpaired) electrons. The van der Waals surface area contributed by atoms with Crippen LogP contribution in [-0.4, -0.2) is 0 Å². The Morgan fingerprint density at radius 2 is 1.08 bits per heavy atom. The van der Waals surface area contributed by atoms with Gasteiger partial charge in [0.05, 0.1) is 5.41 Å². The van der Waals surface area contributed by atoms with Crippen LogP contribution in [0.3, 0.4) is 0 Å². The Kier molecular flexibility index (Phi) is 8.08. The number of nitrogens with zero attached hydrogens (tertiary/aromatic N) is 1. The number of anilines is 3. The van der Waals surface area contributed by atoms with Crippen LogP contribution in [0.15, 0.2) is 218 Å². The molecule has 0 bridgehead atoms. The fraction of sp³-hybridized carbons (Fsp3) is 0.0345. The fourth-order valence-corrected chi connectivity index (χ4v) is 11.5. The summed E-state index contributed by atoms with van der Waals surface area (Å²) in [4.78, 5) is 3.78. The van der Waals surface area contributed by atoms with E-state index in [1.807, 2.05) is 11.3 Å². The van der Waals surface area contributed by atoms with Crippen LogP contribution in [0.2, 0.25) is 0 Å². The van der Waals surface area contributed by atoms with Crippen molar-refractivity contribution in [3.8, 4) is 21.6 Å². The highest BCUT2D eigenvalue weighted by molar-refractivity contribution is 7.22. The van der Waals surface area contributed by atoms with Gasteiger partial charge in [-0.05, 0) is 126 Å². The Labute approximate surface area is 354 Å². The molecule has 0 amide bonds. The first-order valence-electron chi connectivity index (χ1n) is 20.8. The Balaban J connectivity index is 1.11. The molecule has 1 nitrogen and oxygen atoms in total. The molecule has 282 valence electrons. The van der Waals surface area contributed by atoms with Gasteiger partial charge >= 0.3 is 0 Å². The molecular formula is C58H39NS. The van der Waals surface area contributed by atoms with Crippen LogP contribution >= 0.6 is 11.3 Å². The summed E-state index contributed by atoms with van der Waals surface area (Å²) in [6.07, 6.45) is 3.19. The molecule has 1 spiro atoms. The van der Waals surface area contributed by atoms with Gasteiger partial charge in [0.2, 0.25) is 0 Å². The smallest absolute Gasteiger partial charge is 0.0741 e. The van der Waals surface area contributed by atoms with Crippen LogP contribution in [0.5, 0.6) is 0 Å². The number of hydrogen-bond donors (Lipinski definition) is 0. The van der Waals surface area contributed by atoms with Crippen LogP contribution in [0.4, 0.5) is 17.1 Å². The van der Waals surface area contributed by atoms with Crippen molar-refractivity contribution >= 4 is 60.9 Å². The maximum absolute atomic E-state index is 2.56. The van der Waals surface area contributed by atoms with Gasteiger partial charge in [-0.1, -0.05) is 182 Å². The second-order valence-electron chi connectivity index (χ2n) is 16.0. The molecular weight excluding hydrogens is 743 g/mol. The topological polar surface area (TPSA) is 3.24 Å². The molecule has 0 N–H and O–H groups in total. The van der Waals surface area contributed by atoms with Crippen molar-refractivity contribution in [1.29, 1.82) is 0 Å². The van der Waals surface area contributed by atoms with Gasteiger partial charge in [-0.15, -0.1) is 11.3 Å². The maximum atomic E-state index is 2.56. The number of benzene rings is 9. The van der Waals surface area contributed by atoms with Gasteiger partial charge in [0.15, 0.2) is 0 Å². The van der Waals surface area contributed by atoms with E-state index in [1.54, 1.807) is 0 Å². The molecule has 1 aromatic heterocycles. The lowest BCUT2D eigenvalue weighted by Gasteiger charge is -2.32. The second kappa shape index (κ2) is 13.9. The summed E-state index contributed by atoms with van der Waals surface area (Å²) in [5.41, 5.74) is 17.4. The summed E-state index contributed by atoms with van der Waals surface area (Å²) >= 11 is 1.94. The highest BCUT2D eigenvalue weighted by atomic mass is 32.1. The average Bonchev–Trinajstić information content (AvgIpc) is 3.93. The maximum Gasteiger partial charge on any atom is 0.0741 e. The molecule has 0 saturated carbocycles. The van der Waals surface area contributed by atoms with Crippen molar-refractivity contribution in [2.75, 3.05) is 4.90 Å². The van der Waals surface area contributed by atoms with Gasteiger partial charge in [-0.3, -0.25) is 0 Å². The molecule has 0 fully saturated rings. The molecule has 9 aromatic carbocycles. The summed E-state index contributed by atoms with van der Waals surface area (Å²) in [7, 11) is 0. The van der Waals surface area contributed by atoms with E-state index in [0.29, 0.717) is 0 Å². The van der Waals surface area contributed by atoms with Gasteiger partial charge in [-0.2, -0.15) is 0 Å². The number of para-hydroxylation sites is 2. The fourth-order valence-electron chi connectivity index (χ4n) is 10.2. The van der Waals surface area contributed by atoms with E-state index in [-0.39, 0.29) is 0 Å². The Morgan fingerprint density at radius 1 is 0.467 bits per heavy atom. The number of thiophene rings is 1. The van der Waals surface area contributed by atoms with Crippen molar-refractivity contribution in [3.05, 3.63) is 257 Å². The van der Waals surface area contributed by atoms with Crippen molar-refractivity contribution < 1.29 is 0 Å². The van der Waals surface area contributed by atoms with Crippen LogP contribution in [0.1, 0.15) is 38.9 Å². The Bertz CT molecular complexity index is 3240. The molecule has 10 aromatic rings. The third kappa shape index (κ3) is 5.31. The van der Waals surface area contributed by atoms with E-state index in [0.717, 1.165) is 23.5 Å². The first-order chi connectivity index (χ1) is 29.8. The standard InChI is InChI=1S/C58H39NS/c1-4-17-39(18-5-1)35-42(47-28-16-20-41-19-10-11-25-46(41)47)36-40-31-33-49-48-26-12-14-29-52(48)58(53(49)37-40)54-38-45(59(43-21-6-2-7-22-43)44-23-8-3-9-24-44)32-34-50(54)57-56(58)51-27-13-15-30-55(51)60-57/h1-35,37-38H,36H2/b42-35-. The van der Waals surface area contributed by atoms with Gasteiger partial charge in [0, 0.05) is 26.6 Å². The highest BCUT2D eigenvalue weighted by Crippen LogP contribution is 2.66. The van der Waals surface area contributed by atoms with Crippen molar-refractivity contribution in [3.63, 3.8) is 0 Å². The first-order valence-corrected chi connectivity index (χ1v) is 21.6. The summed E-state index contributed by atoms with van der Waals surface area (Å²) in [5.74, 6) is 0. The van der Waals surface area contributed by atoms with Crippen LogP contribution < -0.4 is 4.90 Å². The molecule has 0 aliphatic heterocycles. The zero-order chi connectivity index (χ0) is 39.6. The minimum Gasteiger partial charge on any atom is -0.310 e. The lowest BCUT2D eigenvalue weighted by Crippen LogP contribution is -2.26. The van der Waals surface area contributed by atoms with Gasteiger partial charge in [-0.25, -0.2) is 0 Å². The van der Waals surface area contributed by atoms with Crippen LogP contribution in [0, 0.1) is 0 Å². The predicted molar refractivity (Wildman–Crippen MR) is 255 cm³/mol. The van der Waals surface area contributed by atoms with E-state index < -0.39 is 5.41 Å². The third-order valence-corrected chi connectivity index (χ3v) is 13.9. The predicted octanol–water partition coefficient (Wildman–Crippen LogP) is 15.7. The number of fused-ring (bicyclic) bond motifs is 13. The van der Waals surface area contributed by atoms with Crippen LogP contribution in [-0.2, 0) is 11.8 Å². The Morgan fingerprint density at radius 3 is 1.88 bits per heavy atom. The van der Waals surface area contributed by atoms with Gasteiger partial charge in [0.25, 0.3) is 0 Å². The molecule has 2 aliphatic rings.